The standard InChI is InChI=1S/C14H28N2O4/c1-5-15(6-2)13(17)11-9-10-12-19-20-14(18)16(7-3)8-4/h5-12H2,1-4H3. The van der Waals surface area contributed by atoms with Crippen molar-refractivity contribution < 1.29 is 19.4 Å². The molecule has 6 nitrogen and oxygen atoms in total. The van der Waals surface area contributed by atoms with E-state index >= 15 is 0 Å². The first-order valence-electron chi connectivity index (χ1n) is 7.46. The number of unbranched alkanes of at least 4 members (excludes halogenated alkanes) is 1. The predicted molar refractivity (Wildman–Crippen MR) is 77.1 cm³/mol. The molecule has 0 spiro atoms. The topological polar surface area (TPSA) is 59.1 Å². The summed E-state index contributed by atoms with van der Waals surface area (Å²) < 4.78 is 0. The van der Waals surface area contributed by atoms with Crippen LogP contribution in [0.5, 0.6) is 0 Å². The molecule has 0 heterocycles. The first-order chi connectivity index (χ1) is 9.60. The minimum Gasteiger partial charge on any atom is -0.343 e. The number of hydrogen-bond acceptors (Lipinski definition) is 4. The second-order valence-corrected chi connectivity index (χ2v) is 4.37. The molecule has 0 aromatic carbocycles. The highest BCUT2D eigenvalue weighted by atomic mass is 17.2. The van der Waals surface area contributed by atoms with Crippen molar-refractivity contribution in [1.82, 2.24) is 9.80 Å². The number of carbonyl (C=O) groups is 2. The molecule has 0 saturated carbocycles. The van der Waals surface area contributed by atoms with Crippen molar-refractivity contribution >= 4 is 12.0 Å². The lowest BCUT2D eigenvalue weighted by Crippen LogP contribution is -2.31. The van der Waals surface area contributed by atoms with E-state index in [0.717, 1.165) is 19.5 Å². The van der Waals surface area contributed by atoms with Gasteiger partial charge in [-0.05, 0) is 40.5 Å². The molecule has 0 aromatic heterocycles. The summed E-state index contributed by atoms with van der Waals surface area (Å²) in [5, 5.41) is 0. The van der Waals surface area contributed by atoms with E-state index in [1.807, 2.05) is 27.7 Å². The van der Waals surface area contributed by atoms with Crippen LogP contribution in [0, 0.1) is 0 Å². The van der Waals surface area contributed by atoms with Gasteiger partial charge in [0.1, 0.15) is 0 Å². The quantitative estimate of drug-likeness (QED) is 0.352. The summed E-state index contributed by atoms with van der Waals surface area (Å²) in [6.07, 6.45) is 1.47. The Balaban J connectivity index is 3.63. The van der Waals surface area contributed by atoms with E-state index in [1.54, 1.807) is 4.90 Å². The maximum Gasteiger partial charge on any atom is 0.441 e. The first-order valence-corrected chi connectivity index (χ1v) is 7.46. The number of amides is 2. The Kier molecular flexibility index (Phi) is 10.8. The third-order valence-electron chi connectivity index (χ3n) is 3.14. The Labute approximate surface area is 121 Å². The number of nitrogens with zero attached hydrogens (tertiary/aromatic N) is 2. The van der Waals surface area contributed by atoms with Gasteiger partial charge in [0, 0.05) is 32.6 Å². The van der Waals surface area contributed by atoms with E-state index in [1.165, 1.54) is 4.90 Å². The lowest BCUT2D eigenvalue weighted by Gasteiger charge is -2.18. The van der Waals surface area contributed by atoms with Crippen LogP contribution in [0.25, 0.3) is 0 Å². The normalized spacial score (nSPS) is 10.2. The van der Waals surface area contributed by atoms with Gasteiger partial charge in [0.2, 0.25) is 5.91 Å². The lowest BCUT2D eigenvalue weighted by atomic mass is 10.2. The van der Waals surface area contributed by atoms with Crippen LogP contribution in [0.2, 0.25) is 0 Å². The van der Waals surface area contributed by atoms with E-state index < -0.39 is 6.09 Å². The molecule has 0 aliphatic heterocycles. The molecule has 0 fully saturated rings. The Morgan fingerprint density at radius 3 is 1.90 bits per heavy atom. The molecule has 0 aromatic rings. The van der Waals surface area contributed by atoms with E-state index in [2.05, 4.69) is 4.89 Å². The summed E-state index contributed by atoms with van der Waals surface area (Å²) in [7, 11) is 0. The van der Waals surface area contributed by atoms with Gasteiger partial charge in [-0.1, -0.05) is 0 Å². The third kappa shape index (κ3) is 7.33. The van der Waals surface area contributed by atoms with Gasteiger partial charge in [0.05, 0.1) is 6.61 Å². The summed E-state index contributed by atoms with van der Waals surface area (Å²) in [5.74, 6) is 0.162. The van der Waals surface area contributed by atoms with E-state index in [-0.39, 0.29) is 5.91 Å². The fourth-order valence-electron chi connectivity index (χ4n) is 1.80. The number of carbonyl (C=O) groups excluding carboxylic acids is 2. The third-order valence-corrected chi connectivity index (χ3v) is 3.14. The fraction of sp³-hybridized carbons (Fsp3) is 0.857. The Hall–Kier alpha value is -1.30. The smallest absolute Gasteiger partial charge is 0.343 e. The lowest BCUT2D eigenvalue weighted by molar-refractivity contribution is -0.246. The molecular weight excluding hydrogens is 260 g/mol. The van der Waals surface area contributed by atoms with Crippen LogP contribution in [0.1, 0.15) is 47.0 Å². The van der Waals surface area contributed by atoms with Crippen molar-refractivity contribution in [3.05, 3.63) is 0 Å². The van der Waals surface area contributed by atoms with Crippen LogP contribution >= 0.6 is 0 Å². The second kappa shape index (κ2) is 11.5. The van der Waals surface area contributed by atoms with Crippen molar-refractivity contribution in [1.29, 1.82) is 0 Å². The monoisotopic (exact) mass is 288 g/mol. The highest BCUT2D eigenvalue weighted by Crippen LogP contribution is 2.02. The van der Waals surface area contributed by atoms with Crippen molar-refractivity contribution in [3.8, 4) is 0 Å². The minimum atomic E-state index is -0.464. The molecule has 0 radical (unpaired) electrons. The Morgan fingerprint density at radius 2 is 1.40 bits per heavy atom. The van der Waals surface area contributed by atoms with Gasteiger partial charge in [-0.15, -0.1) is 0 Å². The van der Waals surface area contributed by atoms with Gasteiger partial charge in [0.25, 0.3) is 0 Å². The number of rotatable bonds is 10. The molecule has 0 N–H and O–H groups in total. The molecular formula is C14H28N2O4. The van der Waals surface area contributed by atoms with Gasteiger partial charge in [-0.25, -0.2) is 4.79 Å². The molecule has 0 bridgehead atoms. The number of hydrogen-bond donors (Lipinski definition) is 0. The SMILES string of the molecule is CCN(CC)C(=O)CCCCOOC(=O)N(CC)CC. The first kappa shape index (κ1) is 18.7. The zero-order valence-electron chi connectivity index (χ0n) is 13.2. The highest BCUT2D eigenvalue weighted by molar-refractivity contribution is 5.76. The van der Waals surface area contributed by atoms with Crippen LogP contribution in [0.15, 0.2) is 0 Å². The van der Waals surface area contributed by atoms with Crippen LogP contribution < -0.4 is 0 Å². The van der Waals surface area contributed by atoms with Gasteiger partial charge in [0.15, 0.2) is 0 Å². The molecule has 0 rings (SSSR count). The minimum absolute atomic E-state index is 0.162. The fourth-order valence-corrected chi connectivity index (χ4v) is 1.80. The van der Waals surface area contributed by atoms with Crippen LogP contribution in [0.4, 0.5) is 4.79 Å². The van der Waals surface area contributed by atoms with Gasteiger partial charge >= 0.3 is 6.09 Å². The molecule has 0 saturated heterocycles. The van der Waals surface area contributed by atoms with Crippen LogP contribution in [-0.2, 0) is 14.6 Å². The summed E-state index contributed by atoms with van der Waals surface area (Å²) in [6.45, 7) is 10.7. The van der Waals surface area contributed by atoms with E-state index in [0.29, 0.717) is 32.5 Å². The molecule has 2 amide bonds. The molecule has 20 heavy (non-hydrogen) atoms. The van der Waals surface area contributed by atoms with Crippen molar-refractivity contribution in [2.24, 2.45) is 0 Å². The van der Waals surface area contributed by atoms with Gasteiger partial charge in [-0.3, -0.25) is 9.68 Å². The van der Waals surface area contributed by atoms with Gasteiger partial charge < -0.3 is 9.80 Å². The predicted octanol–water partition coefficient (Wildman–Crippen LogP) is 2.44. The van der Waals surface area contributed by atoms with Crippen LogP contribution in [-0.4, -0.2) is 54.6 Å². The molecule has 0 aliphatic carbocycles. The van der Waals surface area contributed by atoms with Gasteiger partial charge in [-0.2, -0.15) is 4.89 Å². The molecule has 118 valence electrons. The molecule has 0 atom stereocenters. The Morgan fingerprint density at radius 1 is 0.850 bits per heavy atom. The zero-order valence-corrected chi connectivity index (χ0v) is 13.2. The van der Waals surface area contributed by atoms with Crippen molar-refractivity contribution in [2.45, 2.75) is 47.0 Å². The molecule has 0 unspecified atom stereocenters. The summed E-state index contributed by atoms with van der Waals surface area (Å²) in [4.78, 5) is 36.0. The Bertz CT molecular complexity index is 248. The van der Waals surface area contributed by atoms with E-state index in [4.69, 9.17) is 4.89 Å². The maximum atomic E-state index is 11.7. The van der Waals surface area contributed by atoms with Crippen molar-refractivity contribution in [2.75, 3.05) is 32.8 Å². The summed E-state index contributed by atoms with van der Waals surface area (Å²) in [5.41, 5.74) is 0. The summed E-state index contributed by atoms with van der Waals surface area (Å²) in [6, 6.07) is 0. The molecule has 0 aliphatic rings. The highest BCUT2D eigenvalue weighted by Gasteiger charge is 2.12. The average molecular weight is 288 g/mol. The summed E-state index contributed by atoms with van der Waals surface area (Å²) >= 11 is 0. The maximum absolute atomic E-state index is 11.7. The second-order valence-electron chi connectivity index (χ2n) is 4.37. The zero-order chi connectivity index (χ0) is 15.4. The van der Waals surface area contributed by atoms with E-state index in [9.17, 15) is 9.59 Å². The largest absolute Gasteiger partial charge is 0.441 e. The van der Waals surface area contributed by atoms with Crippen molar-refractivity contribution in [3.63, 3.8) is 0 Å². The van der Waals surface area contributed by atoms with Crippen LogP contribution in [0.3, 0.4) is 0 Å². The average Bonchev–Trinajstić information content (AvgIpc) is 2.45. The molecule has 6 heteroatoms.